The molecule has 0 atom stereocenters. The first-order valence-electron chi connectivity index (χ1n) is 7.15. The van der Waals surface area contributed by atoms with E-state index in [1.54, 1.807) is 0 Å². The molecule has 0 unspecified atom stereocenters. The van der Waals surface area contributed by atoms with E-state index in [4.69, 9.17) is 0 Å². The van der Waals surface area contributed by atoms with Gasteiger partial charge < -0.3 is 0 Å². The van der Waals surface area contributed by atoms with Crippen LogP contribution in [0.1, 0.15) is 24.8 Å². The lowest BCUT2D eigenvalue weighted by molar-refractivity contribution is 0.221. The molecule has 2 heteroatoms. The zero-order valence-electron chi connectivity index (χ0n) is 11.3. The molecule has 0 bridgehead atoms. The molecular weight excluding hydrogens is 232 g/mol. The van der Waals surface area contributed by atoms with E-state index in [2.05, 4.69) is 46.3 Å². The second-order valence-electron chi connectivity index (χ2n) is 5.21. The first-order chi connectivity index (χ1) is 9.43. The predicted octanol–water partition coefficient (Wildman–Crippen LogP) is 3.73. The first kappa shape index (κ1) is 12.4. The van der Waals surface area contributed by atoms with Crippen LogP contribution in [0.3, 0.4) is 0 Å². The molecule has 1 aromatic carbocycles. The van der Waals surface area contributed by atoms with Crippen LogP contribution in [0.4, 0.5) is 0 Å². The van der Waals surface area contributed by atoms with Crippen molar-refractivity contribution in [1.82, 2.24) is 9.88 Å². The molecule has 0 radical (unpaired) electrons. The molecule has 0 spiro atoms. The summed E-state index contributed by atoms with van der Waals surface area (Å²) >= 11 is 0. The highest BCUT2D eigenvalue weighted by Crippen LogP contribution is 2.23. The number of aromatic nitrogens is 1. The minimum Gasteiger partial charge on any atom is -0.299 e. The Morgan fingerprint density at radius 1 is 0.895 bits per heavy atom. The second-order valence-corrected chi connectivity index (χ2v) is 5.21. The average Bonchev–Trinajstić information content (AvgIpc) is 2.50. The molecular formula is C17H20N2. The number of hydrogen-bond donors (Lipinski definition) is 0. The lowest BCUT2D eigenvalue weighted by Gasteiger charge is -2.27. The van der Waals surface area contributed by atoms with Gasteiger partial charge in [-0.3, -0.25) is 9.88 Å². The molecule has 3 rings (SSSR count). The van der Waals surface area contributed by atoms with Gasteiger partial charge in [0.25, 0.3) is 0 Å². The fraction of sp³-hybridized carbons (Fsp3) is 0.353. The van der Waals surface area contributed by atoms with Gasteiger partial charge in [-0.1, -0.05) is 36.8 Å². The Morgan fingerprint density at radius 2 is 1.68 bits per heavy atom. The van der Waals surface area contributed by atoms with E-state index in [0.717, 1.165) is 12.2 Å². The highest BCUT2D eigenvalue weighted by molar-refractivity contribution is 5.63. The van der Waals surface area contributed by atoms with Crippen molar-refractivity contribution in [3.05, 3.63) is 54.2 Å². The molecule has 2 nitrogen and oxygen atoms in total. The highest BCUT2D eigenvalue weighted by atomic mass is 15.1. The summed E-state index contributed by atoms with van der Waals surface area (Å²) in [6.07, 6.45) is 5.93. The van der Waals surface area contributed by atoms with E-state index in [-0.39, 0.29) is 0 Å². The van der Waals surface area contributed by atoms with Crippen molar-refractivity contribution < 1.29 is 0 Å². The number of likely N-dealkylation sites (tertiary alicyclic amines) is 1. The van der Waals surface area contributed by atoms with Gasteiger partial charge in [-0.15, -0.1) is 0 Å². The van der Waals surface area contributed by atoms with Crippen molar-refractivity contribution in [3.63, 3.8) is 0 Å². The lowest BCUT2D eigenvalue weighted by atomic mass is 10.0. The van der Waals surface area contributed by atoms with Gasteiger partial charge in [0.2, 0.25) is 0 Å². The quantitative estimate of drug-likeness (QED) is 0.827. The standard InChI is InChI=1S/C17H20N2/c1-6-12-19(13-7-1)14-15-8-2-3-9-16(15)17-10-4-5-11-18-17/h2-5,8-11H,1,6-7,12-14H2. The summed E-state index contributed by atoms with van der Waals surface area (Å²) in [7, 11) is 0. The Morgan fingerprint density at radius 3 is 2.47 bits per heavy atom. The number of piperidine rings is 1. The minimum atomic E-state index is 1.05. The molecule has 0 aliphatic carbocycles. The SMILES string of the molecule is c1ccc(-c2ccccc2CN2CCCCC2)nc1. The molecule has 2 aromatic rings. The van der Waals surface area contributed by atoms with Gasteiger partial charge in [0.05, 0.1) is 5.69 Å². The maximum atomic E-state index is 4.48. The van der Waals surface area contributed by atoms with E-state index in [1.165, 1.54) is 43.5 Å². The second kappa shape index (κ2) is 5.98. The fourth-order valence-corrected chi connectivity index (χ4v) is 2.79. The van der Waals surface area contributed by atoms with E-state index < -0.39 is 0 Å². The first-order valence-corrected chi connectivity index (χ1v) is 7.15. The predicted molar refractivity (Wildman–Crippen MR) is 78.8 cm³/mol. The number of pyridine rings is 1. The molecule has 1 saturated heterocycles. The monoisotopic (exact) mass is 252 g/mol. The molecule has 1 aromatic heterocycles. The molecule has 1 aliphatic rings. The Balaban J connectivity index is 1.85. The van der Waals surface area contributed by atoms with Gasteiger partial charge in [-0.25, -0.2) is 0 Å². The van der Waals surface area contributed by atoms with Crippen LogP contribution >= 0.6 is 0 Å². The number of benzene rings is 1. The largest absolute Gasteiger partial charge is 0.299 e. The molecule has 1 aliphatic heterocycles. The van der Waals surface area contributed by atoms with E-state index in [0.29, 0.717) is 0 Å². The van der Waals surface area contributed by atoms with Crippen LogP contribution in [-0.4, -0.2) is 23.0 Å². The smallest absolute Gasteiger partial charge is 0.0705 e. The van der Waals surface area contributed by atoms with E-state index >= 15 is 0 Å². The van der Waals surface area contributed by atoms with Crippen LogP contribution in [0.15, 0.2) is 48.7 Å². The normalized spacial score (nSPS) is 16.4. The van der Waals surface area contributed by atoms with E-state index in [1.807, 2.05) is 12.3 Å². The van der Waals surface area contributed by atoms with Gasteiger partial charge in [0.1, 0.15) is 0 Å². The number of rotatable bonds is 3. The zero-order valence-corrected chi connectivity index (χ0v) is 11.3. The molecule has 19 heavy (non-hydrogen) atoms. The van der Waals surface area contributed by atoms with Crippen LogP contribution in [0.2, 0.25) is 0 Å². The van der Waals surface area contributed by atoms with Crippen LogP contribution in [0.25, 0.3) is 11.3 Å². The average molecular weight is 252 g/mol. The molecule has 1 fully saturated rings. The highest BCUT2D eigenvalue weighted by Gasteiger charge is 2.13. The van der Waals surface area contributed by atoms with Gasteiger partial charge in [-0.05, 0) is 43.6 Å². The van der Waals surface area contributed by atoms with Gasteiger partial charge >= 0.3 is 0 Å². The molecule has 2 heterocycles. The van der Waals surface area contributed by atoms with Gasteiger partial charge in [0, 0.05) is 18.3 Å². The van der Waals surface area contributed by atoms with Crippen molar-refractivity contribution in [2.75, 3.05) is 13.1 Å². The summed E-state index contributed by atoms with van der Waals surface area (Å²) in [6.45, 7) is 3.51. The van der Waals surface area contributed by atoms with Gasteiger partial charge in [0.15, 0.2) is 0 Å². The van der Waals surface area contributed by atoms with Crippen LogP contribution < -0.4 is 0 Å². The Bertz CT molecular complexity index is 516. The summed E-state index contributed by atoms with van der Waals surface area (Å²) in [5.74, 6) is 0. The summed E-state index contributed by atoms with van der Waals surface area (Å²) in [5, 5.41) is 0. The molecule has 0 amide bonds. The Hall–Kier alpha value is -1.67. The summed E-state index contributed by atoms with van der Waals surface area (Å²) < 4.78 is 0. The maximum Gasteiger partial charge on any atom is 0.0705 e. The summed E-state index contributed by atoms with van der Waals surface area (Å²) in [5.41, 5.74) is 3.74. The van der Waals surface area contributed by atoms with Crippen molar-refractivity contribution in [1.29, 1.82) is 0 Å². The third kappa shape index (κ3) is 3.02. The van der Waals surface area contributed by atoms with Crippen molar-refractivity contribution in [2.45, 2.75) is 25.8 Å². The van der Waals surface area contributed by atoms with Gasteiger partial charge in [-0.2, -0.15) is 0 Å². The van der Waals surface area contributed by atoms with Crippen LogP contribution in [-0.2, 0) is 6.54 Å². The molecule has 0 N–H and O–H groups in total. The Labute approximate surface area is 115 Å². The maximum absolute atomic E-state index is 4.48. The fourth-order valence-electron chi connectivity index (χ4n) is 2.79. The van der Waals surface area contributed by atoms with Crippen LogP contribution in [0, 0.1) is 0 Å². The third-order valence-corrected chi connectivity index (χ3v) is 3.80. The lowest BCUT2D eigenvalue weighted by Crippen LogP contribution is -2.29. The van der Waals surface area contributed by atoms with Crippen molar-refractivity contribution in [3.8, 4) is 11.3 Å². The van der Waals surface area contributed by atoms with Crippen molar-refractivity contribution in [2.24, 2.45) is 0 Å². The minimum absolute atomic E-state index is 1.05. The van der Waals surface area contributed by atoms with Crippen molar-refractivity contribution >= 4 is 0 Å². The zero-order chi connectivity index (χ0) is 12.9. The third-order valence-electron chi connectivity index (χ3n) is 3.80. The number of hydrogen-bond acceptors (Lipinski definition) is 2. The van der Waals surface area contributed by atoms with E-state index in [9.17, 15) is 0 Å². The Kier molecular flexibility index (Phi) is 3.89. The van der Waals surface area contributed by atoms with Crippen LogP contribution in [0.5, 0.6) is 0 Å². The molecule has 0 saturated carbocycles. The topological polar surface area (TPSA) is 16.1 Å². The molecule has 98 valence electrons. The summed E-state index contributed by atoms with van der Waals surface area (Å²) in [6, 6.07) is 14.8. The number of nitrogens with zero attached hydrogens (tertiary/aromatic N) is 2. The summed E-state index contributed by atoms with van der Waals surface area (Å²) in [4.78, 5) is 7.04.